The van der Waals surface area contributed by atoms with Crippen LogP contribution in [-0.2, 0) is 6.42 Å². The van der Waals surface area contributed by atoms with Crippen LogP contribution in [0.2, 0.25) is 0 Å². The van der Waals surface area contributed by atoms with Crippen LogP contribution in [0.15, 0.2) is 12.1 Å². The van der Waals surface area contributed by atoms with Crippen molar-refractivity contribution >= 4 is 0 Å². The Kier molecular flexibility index (Phi) is 1.69. The Balaban J connectivity index is 2.64. The maximum absolute atomic E-state index is 6.02. The Hall–Kier alpha value is -0.820. The molecule has 0 aliphatic heterocycles. The molecule has 1 aromatic carbocycles. The molecule has 0 radical (unpaired) electrons. The number of nitrogens with two attached hydrogens (primary N) is 1. The monoisotopic (exact) mass is 161 g/mol. The molecular formula is C11H15N. The smallest absolute Gasteiger partial charge is 0.0303 e. The van der Waals surface area contributed by atoms with Crippen LogP contribution >= 0.6 is 0 Å². The lowest BCUT2D eigenvalue weighted by Gasteiger charge is -2.10. The van der Waals surface area contributed by atoms with Gasteiger partial charge in [-0.2, -0.15) is 0 Å². The van der Waals surface area contributed by atoms with Gasteiger partial charge in [0.1, 0.15) is 0 Å². The fraction of sp³-hybridized carbons (Fsp3) is 0.455. The van der Waals surface area contributed by atoms with E-state index >= 15 is 0 Å². The molecule has 1 aliphatic rings. The predicted molar refractivity (Wildman–Crippen MR) is 51.2 cm³/mol. The van der Waals surface area contributed by atoms with Gasteiger partial charge in [0.05, 0.1) is 0 Å². The molecule has 2 rings (SSSR count). The SMILES string of the molecule is Cc1ccc(C)c2c1CC[C@@H]2N. The predicted octanol–water partition coefficient (Wildman–Crippen LogP) is 2.25. The van der Waals surface area contributed by atoms with Crippen molar-refractivity contribution in [3.63, 3.8) is 0 Å². The van der Waals surface area contributed by atoms with Gasteiger partial charge in [0.25, 0.3) is 0 Å². The molecule has 2 N–H and O–H groups in total. The Labute approximate surface area is 73.6 Å². The molecule has 0 spiro atoms. The number of hydrogen-bond acceptors (Lipinski definition) is 1. The first-order valence-corrected chi connectivity index (χ1v) is 4.54. The van der Waals surface area contributed by atoms with E-state index in [9.17, 15) is 0 Å². The summed E-state index contributed by atoms with van der Waals surface area (Å²) in [6, 6.07) is 4.67. The number of hydrogen-bond donors (Lipinski definition) is 1. The van der Waals surface area contributed by atoms with Crippen molar-refractivity contribution in [1.29, 1.82) is 0 Å². The average molecular weight is 161 g/mol. The molecule has 0 amide bonds. The molecule has 1 aliphatic carbocycles. The molecule has 0 aromatic heterocycles. The Bertz CT molecular complexity index is 315. The van der Waals surface area contributed by atoms with Crippen molar-refractivity contribution in [2.24, 2.45) is 5.73 Å². The third-order valence-corrected chi connectivity index (χ3v) is 2.89. The number of fused-ring (bicyclic) bond motifs is 1. The summed E-state index contributed by atoms with van der Waals surface area (Å²) in [4.78, 5) is 0. The summed E-state index contributed by atoms with van der Waals surface area (Å²) in [6.07, 6.45) is 2.30. The summed E-state index contributed by atoms with van der Waals surface area (Å²) in [5.74, 6) is 0. The first-order valence-electron chi connectivity index (χ1n) is 4.54. The first kappa shape index (κ1) is 7.81. The molecule has 0 unspecified atom stereocenters. The lowest BCUT2D eigenvalue weighted by Crippen LogP contribution is -2.07. The zero-order valence-corrected chi connectivity index (χ0v) is 7.72. The second kappa shape index (κ2) is 2.60. The maximum Gasteiger partial charge on any atom is 0.0303 e. The molecule has 0 saturated carbocycles. The van der Waals surface area contributed by atoms with Gasteiger partial charge >= 0.3 is 0 Å². The van der Waals surface area contributed by atoms with Crippen molar-refractivity contribution in [2.45, 2.75) is 32.7 Å². The number of benzene rings is 1. The van der Waals surface area contributed by atoms with Gasteiger partial charge in [0, 0.05) is 6.04 Å². The fourth-order valence-corrected chi connectivity index (χ4v) is 2.18. The largest absolute Gasteiger partial charge is 0.324 e. The van der Waals surface area contributed by atoms with E-state index in [0.29, 0.717) is 6.04 Å². The minimum Gasteiger partial charge on any atom is -0.324 e. The Morgan fingerprint density at radius 2 is 1.92 bits per heavy atom. The van der Waals surface area contributed by atoms with Crippen molar-refractivity contribution in [2.75, 3.05) is 0 Å². The highest BCUT2D eigenvalue weighted by Crippen LogP contribution is 2.33. The lowest BCUT2D eigenvalue weighted by atomic mass is 9.98. The second-order valence-corrected chi connectivity index (χ2v) is 3.74. The fourth-order valence-electron chi connectivity index (χ4n) is 2.18. The summed E-state index contributed by atoms with van der Waals surface area (Å²) < 4.78 is 0. The van der Waals surface area contributed by atoms with Crippen LogP contribution < -0.4 is 5.73 Å². The molecule has 1 heteroatoms. The summed E-state index contributed by atoms with van der Waals surface area (Å²) in [5, 5.41) is 0. The zero-order valence-electron chi connectivity index (χ0n) is 7.72. The average Bonchev–Trinajstić information content (AvgIpc) is 2.42. The highest BCUT2D eigenvalue weighted by molar-refractivity contribution is 5.44. The van der Waals surface area contributed by atoms with Crippen LogP contribution in [0.1, 0.15) is 34.7 Å². The minimum absolute atomic E-state index is 0.292. The first-order chi connectivity index (χ1) is 5.70. The van der Waals surface area contributed by atoms with Crippen LogP contribution in [0.4, 0.5) is 0 Å². The van der Waals surface area contributed by atoms with Gasteiger partial charge < -0.3 is 5.73 Å². The van der Waals surface area contributed by atoms with Crippen LogP contribution in [0.3, 0.4) is 0 Å². The second-order valence-electron chi connectivity index (χ2n) is 3.74. The van der Waals surface area contributed by atoms with E-state index in [1.807, 2.05) is 0 Å². The van der Waals surface area contributed by atoms with Gasteiger partial charge in [-0.1, -0.05) is 12.1 Å². The van der Waals surface area contributed by atoms with Crippen LogP contribution in [0.25, 0.3) is 0 Å². The molecule has 0 fully saturated rings. The van der Waals surface area contributed by atoms with Gasteiger partial charge in [0.2, 0.25) is 0 Å². The van der Waals surface area contributed by atoms with Crippen LogP contribution in [-0.4, -0.2) is 0 Å². The maximum atomic E-state index is 6.02. The standard InChI is InChI=1S/C11H15N/c1-7-3-4-8(2)11-9(7)5-6-10(11)12/h3-4,10H,5-6,12H2,1-2H3/t10-/m0/s1. The van der Waals surface area contributed by atoms with Crippen LogP contribution in [0.5, 0.6) is 0 Å². The van der Waals surface area contributed by atoms with Crippen molar-refractivity contribution in [1.82, 2.24) is 0 Å². The highest BCUT2D eigenvalue weighted by Gasteiger charge is 2.21. The molecule has 1 aromatic rings. The summed E-state index contributed by atoms with van der Waals surface area (Å²) >= 11 is 0. The normalized spacial score (nSPS) is 21.1. The minimum atomic E-state index is 0.292. The van der Waals surface area contributed by atoms with Crippen molar-refractivity contribution in [3.8, 4) is 0 Å². The molecular weight excluding hydrogens is 146 g/mol. The third-order valence-electron chi connectivity index (χ3n) is 2.89. The molecule has 1 nitrogen and oxygen atoms in total. The number of aryl methyl sites for hydroxylation is 2. The van der Waals surface area contributed by atoms with E-state index in [1.54, 1.807) is 0 Å². The quantitative estimate of drug-likeness (QED) is 0.620. The van der Waals surface area contributed by atoms with E-state index in [1.165, 1.54) is 28.7 Å². The van der Waals surface area contributed by atoms with Gasteiger partial charge in [-0.25, -0.2) is 0 Å². The van der Waals surface area contributed by atoms with E-state index in [-0.39, 0.29) is 0 Å². The highest BCUT2D eigenvalue weighted by atomic mass is 14.6. The zero-order chi connectivity index (χ0) is 8.72. The summed E-state index contributed by atoms with van der Waals surface area (Å²) in [5.41, 5.74) is 11.7. The lowest BCUT2D eigenvalue weighted by molar-refractivity contribution is 0.710. The van der Waals surface area contributed by atoms with Crippen LogP contribution in [0, 0.1) is 13.8 Å². The number of rotatable bonds is 0. The van der Waals surface area contributed by atoms with Gasteiger partial charge in [-0.3, -0.25) is 0 Å². The summed E-state index contributed by atoms with van der Waals surface area (Å²) in [6.45, 7) is 4.33. The van der Waals surface area contributed by atoms with E-state index < -0.39 is 0 Å². The van der Waals surface area contributed by atoms with Crippen molar-refractivity contribution < 1.29 is 0 Å². The topological polar surface area (TPSA) is 26.0 Å². The molecule has 0 heterocycles. The Morgan fingerprint density at radius 1 is 1.25 bits per heavy atom. The Morgan fingerprint density at radius 3 is 2.58 bits per heavy atom. The third kappa shape index (κ3) is 0.969. The molecule has 12 heavy (non-hydrogen) atoms. The van der Waals surface area contributed by atoms with E-state index in [2.05, 4.69) is 26.0 Å². The molecule has 0 bridgehead atoms. The van der Waals surface area contributed by atoms with Crippen molar-refractivity contribution in [3.05, 3.63) is 34.4 Å². The molecule has 0 saturated heterocycles. The summed E-state index contributed by atoms with van der Waals surface area (Å²) in [7, 11) is 0. The van der Waals surface area contributed by atoms with Gasteiger partial charge in [-0.15, -0.1) is 0 Å². The molecule has 64 valence electrons. The van der Waals surface area contributed by atoms with Gasteiger partial charge in [-0.05, 0) is 48.9 Å². The molecule has 1 atom stereocenters. The van der Waals surface area contributed by atoms with E-state index in [0.717, 1.165) is 6.42 Å². The van der Waals surface area contributed by atoms with E-state index in [4.69, 9.17) is 5.73 Å². The van der Waals surface area contributed by atoms with Gasteiger partial charge in [0.15, 0.2) is 0 Å².